The van der Waals surface area contributed by atoms with Crippen LogP contribution in [0.1, 0.15) is 42.1 Å². The normalized spacial score (nSPS) is 12.4. The first-order chi connectivity index (χ1) is 9.63. The van der Waals surface area contributed by atoms with Crippen LogP contribution in [0.4, 0.5) is 0 Å². The fourth-order valence-corrected chi connectivity index (χ4v) is 2.81. The molecule has 0 spiro atoms. The maximum absolute atomic E-state index is 6.37. The number of hydrogen-bond donors (Lipinski definition) is 1. The Kier molecular flexibility index (Phi) is 5.38. The van der Waals surface area contributed by atoms with Gasteiger partial charge in [0.25, 0.3) is 0 Å². The van der Waals surface area contributed by atoms with Gasteiger partial charge in [0.2, 0.25) is 0 Å². The van der Waals surface area contributed by atoms with Gasteiger partial charge in [0.1, 0.15) is 0 Å². The third-order valence-electron chi connectivity index (χ3n) is 3.79. The van der Waals surface area contributed by atoms with Crippen LogP contribution >= 0.6 is 15.9 Å². The Morgan fingerprint density at radius 2 is 1.60 bits per heavy atom. The van der Waals surface area contributed by atoms with Crippen LogP contribution in [0.15, 0.2) is 46.9 Å². The Labute approximate surface area is 130 Å². The number of aryl methyl sites for hydroxylation is 2. The number of hydrogen-bond acceptors (Lipinski definition) is 1. The number of halogens is 1. The molecule has 0 aromatic heterocycles. The van der Waals surface area contributed by atoms with Gasteiger partial charge in [0.15, 0.2) is 0 Å². The highest BCUT2D eigenvalue weighted by molar-refractivity contribution is 9.10. The molecule has 2 rings (SSSR count). The molecule has 0 radical (unpaired) electrons. The molecule has 0 amide bonds. The lowest BCUT2D eigenvalue weighted by molar-refractivity contribution is 0.719. The summed E-state index contributed by atoms with van der Waals surface area (Å²) in [5, 5.41) is 0. The molecule has 0 aliphatic carbocycles. The van der Waals surface area contributed by atoms with Crippen molar-refractivity contribution in [3.8, 4) is 0 Å². The third-order valence-corrected chi connectivity index (χ3v) is 4.32. The molecular formula is C18H22BrN. The molecule has 2 heteroatoms. The minimum Gasteiger partial charge on any atom is -0.324 e. The minimum atomic E-state index is 0.0624. The Morgan fingerprint density at radius 3 is 2.20 bits per heavy atom. The van der Waals surface area contributed by atoms with Crippen LogP contribution in [-0.2, 0) is 19.3 Å². The van der Waals surface area contributed by atoms with Crippen molar-refractivity contribution < 1.29 is 0 Å². The Balaban J connectivity index is 2.16. The first-order valence-electron chi connectivity index (χ1n) is 7.25. The topological polar surface area (TPSA) is 26.0 Å². The Bertz CT molecular complexity index is 560. The van der Waals surface area contributed by atoms with E-state index >= 15 is 0 Å². The standard InChI is InChI=1S/C18H22BrN/c1-3-14-7-8-16(12-15(14)4-2)18(20)11-13-5-9-17(19)10-6-13/h5-10,12,18H,3-4,11,20H2,1-2H3. The van der Waals surface area contributed by atoms with Gasteiger partial charge in [-0.3, -0.25) is 0 Å². The van der Waals surface area contributed by atoms with E-state index in [1.165, 1.54) is 22.3 Å². The molecule has 0 heterocycles. The summed E-state index contributed by atoms with van der Waals surface area (Å²) in [7, 11) is 0. The van der Waals surface area contributed by atoms with Crippen LogP contribution < -0.4 is 5.73 Å². The molecule has 1 unspecified atom stereocenters. The van der Waals surface area contributed by atoms with Crippen molar-refractivity contribution in [1.29, 1.82) is 0 Å². The van der Waals surface area contributed by atoms with Crippen molar-refractivity contribution in [2.24, 2.45) is 5.73 Å². The van der Waals surface area contributed by atoms with E-state index in [-0.39, 0.29) is 6.04 Å². The zero-order valence-corrected chi connectivity index (χ0v) is 13.8. The van der Waals surface area contributed by atoms with Gasteiger partial charge in [-0.05, 0) is 53.6 Å². The maximum Gasteiger partial charge on any atom is 0.0335 e. The fraction of sp³-hybridized carbons (Fsp3) is 0.333. The summed E-state index contributed by atoms with van der Waals surface area (Å²) in [5.41, 5.74) is 11.7. The molecule has 20 heavy (non-hydrogen) atoms. The fourth-order valence-electron chi connectivity index (χ4n) is 2.54. The van der Waals surface area contributed by atoms with E-state index in [2.05, 4.69) is 72.2 Å². The van der Waals surface area contributed by atoms with Crippen LogP contribution in [0.25, 0.3) is 0 Å². The first kappa shape index (κ1) is 15.3. The quantitative estimate of drug-likeness (QED) is 0.835. The van der Waals surface area contributed by atoms with E-state index in [4.69, 9.17) is 5.73 Å². The van der Waals surface area contributed by atoms with Gasteiger partial charge in [-0.25, -0.2) is 0 Å². The Morgan fingerprint density at radius 1 is 0.950 bits per heavy atom. The van der Waals surface area contributed by atoms with E-state index in [0.29, 0.717) is 0 Å². The largest absolute Gasteiger partial charge is 0.324 e. The first-order valence-corrected chi connectivity index (χ1v) is 8.05. The second-order valence-corrected chi connectivity index (χ2v) is 6.09. The average Bonchev–Trinajstić information content (AvgIpc) is 2.48. The van der Waals surface area contributed by atoms with Gasteiger partial charge in [-0.1, -0.05) is 60.1 Å². The highest BCUT2D eigenvalue weighted by Gasteiger charge is 2.09. The van der Waals surface area contributed by atoms with Crippen LogP contribution in [0, 0.1) is 0 Å². The number of rotatable bonds is 5. The van der Waals surface area contributed by atoms with Crippen molar-refractivity contribution in [2.45, 2.75) is 39.2 Å². The van der Waals surface area contributed by atoms with E-state index in [0.717, 1.165) is 23.7 Å². The van der Waals surface area contributed by atoms with Gasteiger partial charge < -0.3 is 5.73 Å². The summed E-state index contributed by atoms with van der Waals surface area (Å²) in [6.45, 7) is 4.41. The summed E-state index contributed by atoms with van der Waals surface area (Å²) < 4.78 is 1.11. The number of benzene rings is 2. The smallest absolute Gasteiger partial charge is 0.0335 e. The van der Waals surface area contributed by atoms with Crippen molar-refractivity contribution in [3.63, 3.8) is 0 Å². The molecule has 2 N–H and O–H groups in total. The van der Waals surface area contributed by atoms with Crippen LogP contribution in [0.3, 0.4) is 0 Å². The molecule has 0 aliphatic rings. The van der Waals surface area contributed by atoms with Gasteiger partial charge in [-0.15, -0.1) is 0 Å². The third kappa shape index (κ3) is 3.71. The van der Waals surface area contributed by atoms with Crippen molar-refractivity contribution in [1.82, 2.24) is 0 Å². The van der Waals surface area contributed by atoms with E-state index < -0.39 is 0 Å². The van der Waals surface area contributed by atoms with E-state index in [1.54, 1.807) is 0 Å². The lowest BCUT2D eigenvalue weighted by Crippen LogP contribution is -2.14. The van der Waals surface area contributed by atoms with Crippen LogP contribution in [0.5, 0.6) is 0 Å². The number of nitrogens with two attached hydrogens (primary N) is 1. The Hall–Kier alpha value is -1.12. The molecule has 1 atom stereocenters. The summed E-state index contributed by atoms with van der Waals surface area (Å²) >= 11 is 3.46. The van der Waals surface area contributed by atoms with Gasteiger partial charge in [0.05, 0.1) is 0 Å². The van der Waals surface area contributed by atoms with E-state index in [9.17, 15) is 0 Å². The summed E-state index contributed by atoms with van der Waals surface area (Å²) in [4.78, 5) is 0. The predicted molar refractivity (Wildman–Crippen MR) is 90.0 cm³/mol. The zero-order chi connectivity index (χ0) is 14.5. The second kappa shape index (κ2) is 7.05. The molecule has 0 saturated heterocycles. The monoisotopic (exact) mass is 331 g/mol. The van der Waals surface area contributed by atoms with Crippen molar-refractivity contribution >= 4 is 15.9 Å². The second-order valence-electron chi connectivity index (χ2n) is 5.17. The van der Waals surface area contributed by atoms with E-state index in [1.807, 2.05) is 0 Å². The SMILES string of the molecule is CCc1ccc(C(N)Cc2ccc(Br)cc2)cc1CC. The highest BCUT2D eigenvalue weighted by Crippen LogP contribution is 2.21. The van der Waals surface area contributed by atoms with Crippen molar-refractivity contribution in [3.05, 3.63) is 69.2 Å². The predicted octanol–water partition coefficient (Wildman–Crippen LogP) is 4.82. The molecule has 0 aliphatic heterocycles. The molecule has 0 saturated carbocycles. The summed E-state index contributed by atoms with van der Waals surface area (Å²) in [6, 6.07) is 15.2. The lowest BCUT2D eigenvalue weighted by Gasteiger charge is -2.15. The molecule has 0 fully saturated rings. The zero-order valence-electron chi connectivity index (χ0n) is 12.2. The molecular weight excluding hydrogens is 310 g/mol. The molecule has 0 bridgehead atoms. The van der Waals surface area contributed by atoms with Gasteiger partial charge >= 0.3 is 0 Å². The average molecular weight is 332 g/mol. The summed E-state index contributed by atoms with van der Waals surface area (Å²) in [6.07, 6.45) is 3.04. The van der Waals surface area contributed by atoms with Gasteiger partial charge in [-0.2, -0.15) is 0 Å². The lowest BCUT2D eigenvalue weighted by atomic mass is 9.94. The van der Waals surface area contributed by atoms with Crippen LogP contribution in [-0.4, -0.2) is 0 Å². The molecule has 2 aromatic rings. The molecule has 2 aromatic carbocycles. The molecule has 106 valence electrons. The van der Waals surface area contributed by atoms with Gasteiger partial charge in [0, 0.05) is 10.5 Å². The highest BCUT2D eigenvalue weighted by atomic mass is 79.9. The van der Waals surface area contributed by atoms with Crippen molar-refractivity contribution in [2.75, 3.05) is 0 Å². The summed E-state index contributed by atoms with van der Waals surface area (Å²) in [5.74, 6) is 0. The minimum absolute atomic E-state index is 0.0624. The van der Waals surface area contributed by atoms with Crippen LogP contribution in [0.2, 0.25) is 0 Å². The maximum atomic E-state index is 6.37. The molecule has 1 nitrogen and oxygen atoms in total.